The molecule has 1 atom stereocenters. The summed E-state index contributed by atoms with van der Waals surface area (Å²) < 4.78 is 49.2. The summed E-state index contributed by atoms with van der Waals surface area (Å²) in [7, 11) is 0. The van der Waals surface area contributed by atoms with Gasteiger partial charge in [-0.25, -0.2) is 4.99 Å². The number of amidine groups is 1. The van der Waals surface area contributed by atoms with E-state index in [2.05, 4.69) is 17.2 Å². The normalized spacial score (nSPS) is 25.3. The number of aliphatic imine (C=N–C) groups is 1. The minimum Gasteiger partial charge on any atom is -0.493 e. The quantitative estimate of drug-likeness (QED) is 0.761. The Morgan fingerprint density at radius 3 is 2.40 bits per heavy atom. The summed E-state index contributed by atoms with van der Waals surface area (Å²) in [5.41, 5.74) is 10.9. The first-order chi connectivity index (χ1) is 11.6. The maximum absolute atomic E-state index is 12.8. The average molecular weight is 356 g/mol. The van der Waals surface area contributed by atoms with Crippen LogP contribution in [0.5, 0.6) is 5.75 Å². The second kappa shape index (κ2) is 5.92. The molecule has 1 saturated heterocycles. The molecule has 2 heterocycles. The Balaban J connectivity index is 1.71. The first-order valence-electron chi connectivity index (χ1n) is 7.62. The van der Waals surface area contributed by atoms with Crippen molar-refractivity contribution in [2.75, 3.05) is 19.8 Å². The van der Waals surface area contributed by atoms with E-state index in [1.807, 2.05) is 0 Å². The maximum Gasteiger partial charge on any atom is 0.421 e. The van der Waals surface area contributed by atoms with Crippen molar-refractivity contribution in [2.45, 2.75) is 18.9 Å². The number of benzene rings is 1. The number of ether oxygens (including phenoxy) is 2. The van der Waals surface area contributed by atoms with Crippen LogP contribution in [0, 0.1) is 5.41 Å². The molecular weight excluding hydrogens is 337 g/mol. The van der Waals surface area contributed by atoms with Gasteiger partial charge in [0.15, 0.2) is 0 Å². The van der Waals surface area contributed by atoms with Crippen LogP contribution in [0.15, 0.2) is 41.0 Å². The zero-order chi connectivity index (χ0) is 18.3. The van der Waals surface area contributed by atoms with Crippen molar-refractivity contribution in [3.63, 3.8) is 0 Å². The second-order valence-corrected chi connectivity index (χ2v) is 6.58. The molecule has 5 N–H and O–H groups in total. The second-order valence-electron chi connectivity index (χ2n) is 6.58. The van der Waals surface area contributed by atoms with Gasteiger partial charge >= 0.3 is 6.18 Å². The smallest absolute Gasteiger partial charge is 0.421 e. The minimum atomic E-state index is -4.60. The van der Waals surface area contributed by atoms with Crippen molar-refractivity contribution in [1.29, 1.82) is 0 Å². The predicted octanol–water partition coefficient (Wildman–Crippen LogP) is 1.58. The molecule has 2 aliphatic heterocycles. The Labute approximate surface area is 142 Å². The third kappa shape index (κ3) is 3.57. The van der Waals surface area contributed by atoms with E-state index >= 15 is 0 Å². The van der Waals surface area contributed by atoms with Gasteiger partial charge in [0.2, 0.25) is 5.79 Å². The molecule has 25 heavy (non-hydrogen) atoms. The summed E-state index contributed by atoms with van der Waals surface area (Å²) in [6.07, 6.45) is -3.86. The van der Waals surface area contributed by atoms with Crippen molar-refractivity contribution in [2.24, 2.45) is 21.9 Å². The Bertz CT molecular complexity index is 711. The van der Waals surface area contributed by atoms with Crippen molar-refractivity contribution < 1.29 is 22.6 Å². The number of nitrogens with two attached hydrogens (primary N) is 2. The third-order valence-electron chi connectivity index (χ3n) is 4.10. The van der Waals surface area contributed by atoms with Crippen LogP contribution in [0.25, 0.3) is 0 Å². The molecule has 2 aliphatic rings. The van der Waals surface area contributed by atoms with Gasteiger partial charge in [-0.1, -0.05) is 6.92 Å². The van der Waals surface area contributed by atoms with Gasteiger partial charge in [-0.2, -0.15) is 13.2 Å². The lowest BCUT2D eigenvalue weighted by molar-refractivity contribution is -0.120. The molecule has 6 nitrogen and oxygen atoms in total. The van der Waals surface area contributed by atoms with E-state index in [1.165, 1.54) is 0 Å². The molecule has 1 aromatic rings. The summed E-state index contributed by atoms with van der Waals surface area (Å²) in [6.45, 7) is 3.89. The number of alkyl halides is 3. The Kier molecular flexibility index (Phi) is 4.16. The van der Waals surface area contributed by atoms with Crippen LogP contribution >= 0.6 is 0 Å². The zero-order valence-corrected chi connectivity index (χ0v) is 13.6. The van der Waals surface area contributed by atoms with E-state index in [4.69, 9.17) is 20.9 Å². The third-order valence-corrected chi connectivity index (χ3v) is 4.10. The molecule has 0 bridgehead atoms. The first-order valence-corrected chi connectivity index (χ1v) is 7.62. The summed E-state index contributed by atoms with van der Waals surface area (Å²) in [5.74, 6) is -1.60. The summed E-state index contributed by atoms with van der Waals surface area (Å²) in [6, 6.07) is 6.63. The van der Waals surface area contributed by atoms with Gasteiger partial charge in [0, 0.05) is 17.2 Å². The van der Waals surface area contributed by atoms with Crippen LogP contribution < -0.4 is 21.5 Å². The SMILES string of the molecule is CC1(COc2ccc(C3(N)N=C(N)C(C(F)(F)F)=CN3)cc2)COC1. The zero-order valence-electron chi connectivity index (χ0n) is 13.6. The van der Waals surface area contributed by atoms with Crippen LogP contribution in [0.2, 0.25) is 0 Å². The van der Waals surface area contributed by atoms with Crippen LogP contribution in [0.4, 0.5) is 13.2 Å². The lowest BCUT2D eigenvalue weighted by Gasteiger charge is -2.37. The van der Waals surface area contributed by atoms with Gasteiger partial charge in [0.05, 0.1) is 19.8 Å². The number of nitrogens with one attached hydrogen (secondary N) is 1. The molecule has 0 radical (unpaired) electrons. The van der Waals surface area contributed by atoms with Crippen molar-refractivity contribution in [3.05, 3.63) is 41.6 Å². The molecule has 1 aromatic carbocycles. The number of hydrogen-bond donors (Lipinski definition) is 3. The Morgan fingerprint density at radius 1 is 1.28 bits per heavy atom. The van der Waals surface area contributed by atoms with E-state index in [1.54, 1.807) is 24.3 Å². The highest BCUT2D eigenvalue weighted by Gasteiger charge is 2.41. The Morgan fingerprint density at radius 2 is 1.92 bits per heavy atom. The van der Waals surface area contributed by atoms with E-state index in [0.29, 0.717) is 31.1 Å². The fourth-order valence-corrected chi connectivity index (χ4v) is 2.51. The topological polar surface area (TPSA) is 94.9 Å². The summed E-state index contributed by atoms with van der Waals surface area (Å²) in [4.78, 5) is 3.79. The standard InChI is InChI=1S/C16H19F3N4O2/c1-14(7-24-8-14)9-25-11-4-2-10(3-5-11)16(21)22-6-12(13(20)23-16)15(17,18)19/h2-6,22H,7-9,21H2,1H3,(H2,20,23). The number of halogens is 3. The van der Waals surface area contributed by atoms with Gasteiger partial charge in [-0.05, 0) is 24.3 Å². The summed E-state index contributed by atoms with van der Waals surface area (Å²) in [5, 5.41) is 2.46. The van der Waals surface area contributed by atoms with Crippen molar-refractivity contribution >= 4 is 5.84 Å². The molecule has 0 aromatic heterocycles. The summed E-state index contributed by atoms with van der Waals surface area (Å²) >= 11 is 0. The number of nitrogens with zero attached hydrogens (tertiary/aromatic N) is 1. The van der Waals surface area contributed by atoms with Crippen LogP contribution in [0.1, 0.15) is 12.5 Å². The highest BCUT2D eigenvalue weighted by atomic mass is 19.4. The first kappa shape index (κ1) is 17.6. The van der Waals surface area contributed by atoms with Crippen LogP contribution in [-0.4, -0.2) is 31.8 Å². The fraction of sp³-hybridized carbons (Fsp3) is 0.438. The molecule has 0 saturated carbocycles. The highest BCUT2D eigenvalue weighted by Crippen LogP contribution is 2.31. The molecule has 3 rings (SSSR count). The van der Waals surface area contributed by atoms with E-state index in [0.717, 1.165) is 6.20 Å². The van der Waals surface area contributed by atoms with Crippen molar-refractivity contribution in [1.82, 2.24) is 5.32 Å². The van der Waals surface area contributed by atoms with Crippen molar-refractivity contribution in [3.8, 4) is 5.75 Å². The Hall–Kier alpha value is -2.26. The molecule has 136 valence electrons. The molecule has 0 aliphatic carbocycles. The van der Waals surface area contributed by atoms with Gasteiger partial charge in [-0.15, -0.1) is 0 Å². The van der Waals surface area contributed by atoms with E-state index < -0.39 is 23.4 Å². The number of hydrogen-bond acceptors (Lipinski definition) is 6. The monoisotopic (exact) mass is 356 g/mol. The van der Waals surface area contributed by atoms with Gasteiger partial charge < -0.3 is 20.5 Å². The number of rotatable bonds is 4. The highest BCUT2D eigenvalue weighted by molar-refractivity contribution is 5.99. The van der Waals surface area contributed by atoms with E-state index in [9.17, 15) is 13.2 Å². The molecular formula is C16H19F3N4O2. The van der Waals surface area contributed by atoms with Crippen LogP contribution in [-0.2, 0) is 10.5 Å². The predicted molar refractivity (Wildman–Crippen MR) is 85.6 cm³/mol. The van der Waals surface area contributed by atoms with E-state index in [-0.39, 0.29) is 5.41 Å². The molecule has 0 amide bonds. The molecule has 9 heteroatoms. The lowest BCUT2D eigenvalue weighted by Crippen LogP contribution is -2.51. The largest absolute Gasteiger partial charge is 0.493 e. The van der Waals surface area contributed by atoms with Gasteiger partial charge in [0.1, 0.15) is 17.2 Å². The fourth-order valence-electron chi connectivity index (χ4n) is 2.51. The minimum absolute atomic E-state index is 0.0101. The maximum atomic E-state index is 12.8. The molecule has 0 spiro atoms. The van der Waals surface area contributed by atoms with Gasteiger partial charge in [0.25, 0.3) is 0 Å². The van der Waals surface area contributed by atoms with Gasteiger partial charge in [-0.3, -0.25) is 5.73 Å². The molecule has 1 fully saturated rings. The molecule has 1 unspecified atom stereocenters. The lowest BCUT2D eigenvalue weighted by atomic mass is 9.90. The van der Waals surface area contributed by atoms with Crippen LogP contribution in [0.3, 0.4) is 0 Å². The average Bonchev–Trinajstić information content (AvgIpc) is 2.50.